The van der Waals surface area contributed by atoms with Crippen LogP contribution in [0.2, 0.25) is 0 Å². The van der Waals surface area contributed by atoms with Crippen LogP contribution in [-0.2, 0) is 19.1 Å². The normalized spacial score (nSPS) is 12.0. The molecule has 0 aromatic heterocycles. The van der Waals surface area contributed by atoms with Gasteiger partial charge >= 0.3 is 11.9 Å². The molecule has 0 heterocycles. The molecule has 0 radical (unpaired) electrons. The van der Waals surface area contributed by atoms with Gasteiger partial charge in [-0.05, 0) is 26.5 Å². The van der Waals surface area contributed by atoms with Gasteiger partial charge in [-0.2, -0.15) is 0 Å². The van der Waals surface area contributed by atoms with Gasteiger partial charge in [-0.3, -0.25) is 9.59 Å². The van der Waals surface area contributed by atoms with Crippen LogP contribution in [0.3, 0.4) is 0 Å². The molecule has 0 fully saturated rings. The molecule has 5 heteroatoms. The molecule has 0 spiro atoms. The lowest BCUT2D eigenvalue weighted by molar-refractivity contribution is -0.145. The molecular weight excluding hydrogens is 282 g/mol. The molecule has 0 aliphatic heterocycles. The Hall–Kier alpha value is -1.88. The Morgan fingerprint density at radius 1 is 1.09 bits per heavy atom. The Morgan fingerprint density at radius 2 is 1.73 bits per heavy atom. The fourth-order valence-electron chi connectivity index (χ4n) is 2.16. The summed E-state index contributed by atoms with van der Waals surface area (Å²) in [4.78, 5) is 25.5. The van der Waals surface area contributed by atoms with Crippen LogP contribution in [0.15, 0.2) is 30.3 Å². The number of rotatable bonds is 9. The largest absolute Gasteiger partial charge is 0.466 e. The highest BCUT2D eigenvalue weighted by molar-refractivity contribution is 5.78. The maximum Gasteiger partial charge on any atom is 0.314 e. The van der Waals surface area contributed by atoms with Gasteiger partial charge in [-0.1, -0.05) is 30.3 Å². The molecule has 0 aliphatic carbocycles. The van der Waals surface area contributed by atoms with E-state index in [1.165, 1.54) is 0 Å². The van der Waals surface area contributed by atoms with Crippen molar-refractivity contribution in [2.75, 3.05) is 33.4 Å². The van der Waals surface area contributed by atoms with Crippen molar-refractivity contribution >= 4 is 11.9 Å². The van der Waals surface area contributed by atoms with Gasteiger partial charge in [0, 0.05) is 13.1 Å². The van der Waals surface area contributed by atoms with Crippen molar-refractivity contribution in [2.24, 2.45) is 0 Å². The van der Waals surface area contributed by atoms with Crippen molar-refractivity contribution in [3.05, 3.63) is 35.9 Å². The molecule has 5 nitrogen and oxygen atoms in total. The molecule has 0 saturated heterocycles. The number of ether oxygens (including phenoxy) is 2. The van der Waals surface area contributed by atoms with Gasteiger partial charge in [0.15, 0.2) is 0 Å². The third-order valence-electron chi connectivity index (χ3n) is 3.27. The van der Waals surface area contributed by atoms with Crippen LogP contribution in [0.4, 0.5) is 0 Å². The highest BCUT2D eigenvalue weighted by Crippen LogP contribution is 2.18. The number of likely N-dealkylation sites (N-methyl/N-ethyl adjacent to an activating group) is 1. The summed E-state index contributed by atoms with van der Waals surface area (Å²) in [6, 6.07) is 9.55. The molecule has 0 bridgehead atoms. The highest BCUT2D eigenvalue weighted by atomic mass is 16.5. The van der Waals surface area contributed by atoms with Crippen LogP contribution < -0.4 is 0 Å². The van der Waals surface area contributed by atoms with E-state index in [4.69, 9.17) is 9.47 Å². The van der Waals surface area contributed by atoms with E-state index < -0.39 is 0 Å². The van der Waals surface area contributed by atoms with E-state index in [0.29, 0.717) is 32.7 Å². The van der Waals surface area contributed by atoms with E-state index in [1.807, 2.05) is 42.3 Å². The number of carbonyl (C=O) groups is 2. The van der Waals surface area contributed by atoms with Crippen molar-refractivity contribution in [1.82, 2.24) is 4.90 Å². The maximum absolute atomic E-state index is 12.2. The Kier molecular flexibility index (Phi) is 8.22. The Morgan fingerprint density at radius 3 is 2.32 bits per heavy atom. The summed E-state index contributed by atoms with van der Waals surface area (Å²) in [5, 5.41) is 0. The van der Waals surface area contributed by atoms with Gasteiger partial charge in [0.25, 0.3) is 0 Å². The smallest absolute Gasteiger partial charge is 0.314 e. The first-order valence-electron chi connectivity index (χ1n) is 7.64. The number of nitrogens with zero attached hydrogens (tertiary/aromatic N) is 1. The Balaban J connectivity index is 2.64. The highest BCUT2D eigenvalue weighted by Gasteiger charge is 2.23. The Bertz CT molecular complexity index is 461. The zero-order valence-electron chi connectivity index (χ0n) is 13.6. The summed E-state index contributed by atoms with van der Waals surface area (Å²) in [5.41, 5.74) is 0.920. The molecule has 122 valence electrons. The quantitative estimate of drug-likeness (QED) is 0.655. The molecule has 22 heavy (non-hydrogen) atoms. The lowest BCUT2D eigenvalue weighted by atomic mass is 9.98. The SMILES string of the molecule is CCOC(=O)CCN(C)C[C@@H](C(=O)OCC)c1ccccc1. The first kappa shape index (κ1) is 18.2. The van der Waals surface area contributed by atoms with Gasteiger partial charge in [-0.15, -0.1) is 0 Å². The molecule has 1 rings (SSSR count). The van der Waals surface area contributed by atoms with E-state index in [9.17, 15) is 9.59 Å². The summed E-state index contributed by atoms with van der Waals surface area (Å²) >= 11 is 0. The van der Waals surface area contributed by atoms with Crippen molar-refractivity contribution in [3.8, 4) is 0 Å². The van der Waals surface area contributed by atoms with Crippen molar-refractivity contribution in [1.29, 1.82) is 0 Å². The van der Waals surface area contributed by atoms with E-state index in [2.05, 4.69) is 0 Å². The van der Waals surface area contributed by atoms with Crippen LogP contribution >= 0.6 is 0 Å². The molecule has 0 N–H and O–H groups in total. The number of hydrogen-bond acceptors (Lipinski definition) is 5. The van der Waals surface area contributed by atoms with E-state index in [1.54, 1.807) is 13.8 Å². The van der Waals surface area contributed by atoms with Gasteiger partial charge in [0.2, 0.25) is 0 Å². The molecule has 0 saturated carbocycles. The van der Waals surface area contributed by atoms with Crippen molar-refractivity contribution in [3.63, 3.8) is 0 Å². The number of hydrogen-bond donors (Lipinski definition) is 0. The first-order chi connectivity index (χ1) is 10.6. The summed E-state index contributed by atoms with van der Waals surface area (Å²) in [5.74, 6) is -0.813. The van der Waals surface area contributed by atoms with Gasteiger partial charge in [-0.25, -0.2) is 0 Å². The van der Waals surface area contributed by atoms with Gasteiger partial charge in [0.05, 0.1) is 25.6 Å². The summed E-state index contributed by atoms with van der Waals surface area (Å²) in [7, 11) is 1.88. The van der Waals surface area contributed by atoms with Crippen LogP contribution in [0.25, 0.3) is 0 Å². The minimum absolute atomic E-state index is 0.221. The fraction of sp³-hybridized carbons (Fsp3) is 0.529. The average molecular weight is 307 g/mol. The minimum atomic E-state index is -0.353. The molecule has 1 aromatic carbocycles. The number of benzene rings is 1. The predicted octanol–water partition coefficient (Wildman–Crippen LogP) is 2.22. The first-order valence-corrected chi connectivity index (χ1v) is 7.64. The average Bonchev–Trinajstić information content (AvgIpc) is 2.52. The topological polar surface area (TPSA) is 55.8 Å². The standard InChI is InChI=1S/C17H25NO4/c1-4-21-16(19)11-12-18(3)13-15(17(20)22-5-2)14-9-7-6-8-10-14/h6-10,15H,4-5,11-13H2,1-3H3/t15-/m1/s1. The van der Waals surface area contributed by atoms with Crippen molar-refractivity contribution < 1.29 is 19.1 Å². The molecular formula is C17H25NO4. The molecule has 0 amide bonds. The van der Waals surface area contributed by atoms with Crippen LogP contribution in [0.1, 0.15) is 31.7 Å². The minimum Gasteiger partial charge on any atom is -0.466 e. The molecule has 0 aliphatic rings. The lowest BCUT2D eigenvalue weighted by Gasteiger charge is -2.23. The second kappa shape index (κ2) is 9.95. The van der Waals surface area contributed by atoms with E-state index >= 15 is 0 Å². The molecule has 1 aromatic rings. The zero-order valence-corrected chi connectivity index (χ0v) is 13.6. The summed E-state index contributed by atoms with van der Waals surface area (Å²) < 4.78 is 10.1. The van der Waals surface area contributed by atoms with Crippen LogP contribution in [0, 0.1) is 0 Å². The monoisotopic (exact) mass is 307 g/mol. The van der Waals surface area contributed by atoms with E-state index in [0.717, 1.165) is 5.56 Å². The molecule has 0 unspecified atom stereocenters. The summed E-state index contributed by atoms with van der Waals surface area (Å²) in [6.07, 6.45) is 0.314. The number of carbonyl (C=O) groups excluding carboxylic acids is 2. The second-order valence-electron chi connectivity index (χ2n) is 5.03. The van der Waals surface area contributed by atoms with Crippen LogP contribution in [-0.4, -0.2) is 50.2 Å². The van der Waals surface area contributed by atoms with Gasteiger partial charge in [0.1, 0.15) is 0 Å². The Labute approximate surface area is 132 Å². The third kappa shape index (κ3) is 6.26. The maximum atomic E-state index is 12.2. The fourth-order valence-corrected chi connectivity index (χ4v) is 2.16. The third-order valence-corrected chi connectivity index (χ3v) is 3.27. The van der Waals surface area contributed by atoms with Gasteiger partial charge < -0.3 is 14.4 Å². The molecule has 1 atom stereocenters. The number of esters is 2. The van der Waals surface area contributed by atoms with Crippen LogP contribution in [0.5, 0.6) is 0 Å². The van der Waals surface area contributed by atoms with E-state index in [-0.39, 0.29) is 17.9 Å². The lowest BCUT2D eigenvalue weighted by Crippen LogP contribution is -2.31. The predicted molar refractivity (Wildman–Crippen MR) is 84.6 cm³/mol. The van der Waals surface area contributed by atoms with Crippen molar-refractivity contribution in [2.45, 2.75) is 26.2 Å². The second-order valence-corrected chi connectivity index (χ2v) is 5.03. The summed E-state index contributed by atoms with van der Waals surface area (Å²) in [6.45, 7) is 5.37. The zero-order chi connectivity index (χ0) is 16.4.